The first-order valence-corrected chi connectivity index (χ1v) is 6.96. The highest BCUT2D eigenvalue weighted by molar-refractivity contribution is 5.23. The molecule has 1 fully saturated rings. The molecule has 1 nitrogen and oxygen atoms in total. The van der Waals surface area contributed by atoms with Crippen molar-refractivity contribution in [3.63, 3.8) is 0 Å². The van der Waals surface area contributed by atoms with Crippen LogP contribution in [0.5, 0.6) is 0 Å². The molecule has 17 heavy (non-hydrogen) atoms. The lowest BCUT2D eigenvalue weighted by Gasteiger charge is -2.38. The van der Waals surface area contributed by atoms with E-state index in [1.54, 1.807) is 0 Å². The second-order valence-electron chi connectivity index (χ2n) is 5.90. The largest absolute Gasteiger partial charge is 0.325 e. The van der Waals surface area contributed by atoms with Crippen molar-refractivity contribution in [2.75, 3.05) is 0 Å². The van der Waals surface area contributed by atoms with E-state index in [0.717, 1.165) is 12.3 Å². The van der Waals surface area contributed by atoms with Gasteiger partial charge in [0, 0.05) is 5.54 Å². The average molecular weight is 231 g/mol. The summed E-state index contributed by atoms with van der Waals surface area (Å²) in [4.78, 5) is 0. The summed E-state index contributed by atoms with van der Waals surface area (Å²) < 4.78 is 0. The van der Waals surface area contributed by atoms with E-state index in [2.05, 4.69) is 38.1 Å². The Bertz CT molecular complexity index is 354. The number of benzene rings is 1. The maximum atomic E-state index is 6.60. The molecule has 0 heterocycles. The van der Waals surface area contributed by atoms with Gasteiger partial charge in [-0.05, 0) is 37.7 Å². The molecule has 0 aliphatic heterocycles. The Morgan fingerprint density at radius 2 is 2.00 bits per heavy atom. The van der Waals surface area contributed by atoms with Crippen molar-refractivity contribution in [1.29, 1.82) is 0 Å². The quantitative estimate of drug-likeness (QED) is 0.840. The van der Waals surface area contributed by atoms with Gasteiger partial charge in [-0.25, -0.2) is 0 Å². The topological polar surface area (TPSA) is 26.0 Å². The molecule has 2 atom stereocenters. The highest BCUT2D eigenvalue weighted by atomic mass is 14.7. The number of aryl methyl sites for hydroxylation is 1. The lowest BCUT2D eigenvalue weighted by molar-refractivity contribution is 0.218. The van der Waals surface area contributed by atoms with Gasteiger partial charge < -0.3 is 5.73 Å². The maximum absolute atomic E-state index is 6.60. The molecule has 2 rings (SSSR count). The normalized spacial score (nSPS) is 29.2. The van der Waals surface area contributed by atoms with Gasteiger partial charge in [-0.1, -0.05) is 56.0 Å². The molecule has 0 radical (unpaired) electrons. The predicted molar refractivity (Wildman–Crippen MR) is 74.1 cm³/mol. The van der Waals surface area contributed by atoms with E-state index in [0.29, 0.717) is 0 Å². The average Bonchev–Trinajstić information content (AvgIpc) is 2.32. The molecule has 0 amide bonds. The third-order valence-corrected chi connectivity index (χ3v) is 4.24. The molecule has 0 bridgehead atoms. The lowest BCUT2D eigenvalue weighted by Crippen LogP contribution is -2.46. The van der Waals surface area contributed by atoms with Crippen LogP contribution in [-0.2, 0) is 6.42 Å². The molecular formula is C16H25N. The lowest BCUT2D eigenvalue weighted by atomic mass is 9.72. The Hall–Kier alpha value is -0.820. The highest BCUT2D eigenvalue weighted by Crippen LogP contribution is 2.34. The van der Waals surface area contributed by atoms with Crippen molar-refractivity contribution in [2.24, 2.45) is 11.7 Å². The predicted octanol–water partition coefficient (Wildman–Crippen LogP) is 3.84. The maximum Gasteiger partial charge on any atom is 0.0197 e. The molecule has 0 saturated heterocycles. The first-order valence-electron chi connectivity index (χ1n) is 6.96. The van der Waals surface area contributed by atoms with Crippen LogP contribution in [0.15, 0.2) is 24.3 Å². The van der Waals surface area contributed by atoms with Gasteiger partial charge in [0.25, 0.3) is 0 Å². The molecule has 1 aromatic carbocycles. The third-order valence-electron chi connectivity index (χ3n) is 4.24. The van der Waals surface area contributed by atoms with Crippen molar-refractivity contribution in [2.45, 2.75) is 57.9 Å². The van der Waals surface area contributed by atoms with Crippen LogP contribution in [0.4, 0.5) is 0 Å². The first-order chi connectivity index (χ1) is 8.11. The zero-order chi connectivity index (χ0) is 12.3. The summed E-state index contributed by atoms with van der Waals surface area (Å²) in [5.74, 6) is 0.846. The van der Waals surface area contributed by atoms with E-state index in [1.807, 2.05) is 0 Å². The van der Waals surface area contributed by atoms with Gasteiger partial charge in [-0.2, -0.15) is 0 Å². The second-order valence-corrected chi connectivity index (χ2v) is 5.90. The summed E-state index contributed by atoms with van der Waals surface area (Å²) in [6.45, 7) is 4.43. The van der Waals surface area contributed by atoms with E-state index in [9.17, 15) is 0 Å². The summed E-state index contributed by atoms with van der Waals surface area (Å²) in [6.07, 6.45) is 7.41. The highest BCUT2D eigenvalue weighted by Gasteiger charge is 2.31. The molecule has 1 aliphatic carbocycles. The molecule has 94 valence electrons. The van der Waals surface area contributed by atoms with Gasteiger partial charge in [-0.3, -0.25) is 0 Å². The second kappa shape index (κ2) is 5.22. The fourth-order valence-corrected chi connectivity index (χ4v) is 3.14. The minimum Gasteiger partial charge on any atom is -0.325 e. The molecule has 2 unspecified atom stereocenters. The van der Waals surface area contributed by atoms with Crippen molar-refractivity contribution < 1.29 is 0 Å². The Labute approximate surface area is 105 Å². The van der Waals surface area contributed by atoms with Crippen LogP contribution in [0.1, 0.15) is 50.2 Å². The Morgan fingerprint density at radius 1 is 1.29 bits per heavy atom. The number of hydrogen-bond donors (Lipinski definition) is 1. The van der Waals surface area contributed by atoms with Crippen LogP contribution < -0.4 is 5.73 Å². The minimum atomic E-state index is 0.0498. The molecule has 2 N–H and O–H groups in total. The molecule has 1 saturated carbocycles. The monoisotopic (exact) mass is 231 g/mol. The summed E-state index contributed by atoms with van der Waals surface area (Å²) in [5, 5.41) is 0. The van der Waals surface area contributed by atoms with Crippen molar-refractivity contribution in [3.05, 3.63) is 35.4 Å². The molecule has 0 spiro atoms. The molecular weight excluding hydrogens is 206 g/mol. The first kappa shape index (κ1) is 12.6. The van der Waals surface area contributed by atoms with Crippen LogP contribution in [0.3, 0.4) is 0 Å². The molecule has 0 aromatic heterocycles. The van der Waals surface area contributed by atoms with E-state index in [-0.39, 0.29) is 5.54 Å². The van der Waals surface area contributed by atoms with Gasteiger partial charge in [-0.15, -0.1) is 0 Å². The van der Waals surface area contributed by atoms with Crippen molar-refractivity contribution >= 4 is 0 Å². The zero-order valence-corrected chi connectivity index (χ0v) is 11.2. The summed E-state index contributed by atoms with van der Waals surface area (Å²) in [6, 6.07) is 8.86. The van der Waals surface area contributed by atoms with Crippen molar-refractivity contribution in [1.82, 2.24) is 0 Å². The molecule has 1 aliphatic rings. The standard InChI is InChI=1S/C16H25N/c1-3-14-5-4-10-16(17,11-14)12-15-8-6-13(2)7-9-15/h6-9,14H,3-5,10-12,17H2,1-2H3. The van der Waals surface area contributed by atoms with Crippen LogP contribution >= 0.6 is 0 Å². The third kappa shape index (κ3) is 3.32. The van der Waals surface area contributed by atoms with Crippen LogP contribution in [0, 0.1) is 12.8 Å². The van der Waals surface area contributed by atoms with Crippen LogP contribution in [0.25, 0.3) is 0 Å². The smallest absolute Gasteiger partial charge is 0.0197 e. The van der Waals surface area contributed by atoms with Crippen molar-refractivity contribution in [3.8, 4) is 0 Å². The SMILES string of the molecule is CCC1CCCC(N)(Cc2ccc(C)cc2)C1. The fourth-order valence-electron chi connectivity index (χ4n) is 3.14. The van der Waals surface area contributed by atoms with E-state index in [1.165, 1.54) is 43.2 Å². The van der Waals surface area contributed by atoms with Gasteiger partial charge in [0.1, 0.15) is 0 Å². The van der Waals surface area contributed by atoms with E-state index in [4.69, 9.17) is 5.73 Å². The summed E-state index contributed by atoms with van der Waals surface area (Å²) in [5.41, 5.74) is 9.37. The van der Waals surface area contributed by atoms with Crippen LogP contribution in [0.2, 0.25) is 0 Å². The minimum absolute atomic E-state index is 0.0498. The van der Waals surface area contributed by atoms with Gasteiger partial charge >= 0.3 is 0 Å². The molecule has 1 aromatic rings. The number of nitrogens with two attached hydrogens (primary N) is 1. The summed E-state index contributed by atoms with van der Waals surface area (Å²) >= 11 is 0. The van der Waals surface area contributed by atoms with Gasteiger partial charge in [0.05, 0.1) is 0 Å². The van der Waals surface area contributed by atoms with E-state index < -0.39 is 0 Å². The van der Waals surface area contributed by atoms with Gasteiger partial charge in [0.15, 0.2) is 0 Å². The zero-order valence-electron chi connectivity index (χ0n) is 11.2. The Morgan fingerprint density at radius 3 is 2.65 bits per heavy atom. The van der Waals surface area contributed by atoms with Crippen LogP contribution in [-0.4, -0.2) is 5.54 Å². The molecule has 1 heteroatoms. The van der Waals surface area contributed by atoms with E-state index >= 15 is 0 Å². The van der Waals surface area contributed by atoms with Gasteiger partial charge in [0.2, 0.25) is 0 Å². The number of rotatable bonds is 3. The number of hydrogen-bond acceptors (Lipinski definition) is 1. The Balaban J connectivity index is 2.03. The fraction of sp³-hybridized carbons (Fsp3) is 0.625. The summed E-state index contributed by atoms with van der Waals surface area (Å²) in [7, 11) is 0. The Kier molecular flexibility index (Phi) is 3.88.